The first-order chi connectivity index (χ1) is 8.99. The molecule has 0 unspecified atom stereocenters. The minimum absolute atomic E-state index is 0.0688. The summed E-state index contributed by atoms with van der Waals surface area (Å²) in [5, 5.41) is 0. The molecule has 1 aliphatic heterocycles. The van der Waals surface area contributed by atoms with Crippen molar-refractivity contribution in [2.24, 2.45) is 0 Å². The molecule has 19 heavy (non-hydrogen) atoms. The first kappa shape index (κ1) is 14.2. The Labute approximate surface area is 112 Å². The summed E-state index contributed by atoms with van der Waals surface area (Å²) < 4.78 is 42.6. The quantitative estimate of drug-likeness (QED) is 0.818. The monoisotopic (exact) mass is 288 g/mol. The molecular formula is C12H17FN2O3S. The SMILES string of the molecule is Nc1ccc(F)cc1S(=O)(=O)CCN1CCOCC1. The van der Waals surface area contributed by atoms with Crippen LogP contribution in [0.5, 0.6) is 0 Å². The van der Waals surface area contributed by atoms with E-state index in [0.29, 0.717) is 32.8 Å². The Morgan fingerprint density at radius 2 is 2.00 bits per heavy atom. The average molecular weight is 288 g/mol. The van der Waals surface area contributed by atoms with Crippen molar-refractivity contribution in [1.29, 1.82) is 0 Å². The number of sulfone groups is 1. The molecule has 0 aliphatic carbocycles. The second-order valence-corrected chi connectivity index (χ2v) is 6.53. The Hall–Kier alpha value is -1.18. The smallest absolute Gasteiger partial charge is 0.181 e. The molecule has 0 radical (unpaired) electrons. The number of hydrogen-bond acceptors (Lipinski definition) is 5. The lowest BCUT2D eigenvalue weighted by Crippen LogP contribution is -2.39. The highest BCUT2D eigenvalue weighted by Gasteiger charge is 2.20. The van der Waals surface area contributed by atoms with Gasteiger partial charge in [0.05, 0.1) is 29.5 Å². The summed E-state index contributed by atoms with van der Waals surface area (Å²) in [5.74, 6) is -0.667. The molecular weight excluding hydrogens is 271 g/mol. The number of halogens is 1. The number of anilines is 1. The summed E-state index contributed by atoms with van der Waals surface area (Å²) >= 11 is 0. The zero-order chi connectivity index (χ0) is 13.9. The van der Waals surface area contributed by atoms with Crippen LogP contribution in [0.2, 0.25) is 0 Å². The van der Waals surface area contributed by atoms with E-state index in [2.05, 4.69) is 0 Å². The Bertz CT molecular complexity index is 542. The lowest BCUT2D eigenvalue weighted by Gasteiger charge is -2.26. The molecule has 0 bridgehead atoms. The summed E-state index contributed by atoms with van der Waals surface area (Å²) in [6, 6.07) is 3.40. The van der Waals surface area contributed by atoms with Crippen molar-refractivity contribution in [3.63, 3.8) is 0 Å². The molecule has 1 saturated heterocycles. The maximum absolute atomic E-state index is 13.1. The van der Waals surface area contributed by atoms with Crippen LogP contribution in [0.1, 0.15) is 0 Å². The molecule has 2 rings (SSSR count). The maximum Gasteiger partial charge on any atom is 0.181 e. The molecule has 0 amide bonds. The molecule has 1 aliphatic rings. The largest absolute Gasteiger partial charge is 0.398 e. The number of benzene rings is 1. The first-order valence-electron chi connectivity index (χ1n) is 6.07. The zero-order valence-electron chi connectivity index (χ0n) is 10.5. The van der Waals surface area contributed by atoms with Crippen LogP contribution in [0, 0.1) is 5.82 Å². The minimum atomic E-state index is -3.56. The van der Waals surface area contributed by atoms with Crippen molar-refractivity contribution < 1.29 is 17.5 Å². The minimum Gasteiger partial charge on any atom is -0.398 e. The third kappa shape index (κ3) is 3.65. The molecule has 0 atom stereocenters. The summed E-state index contributed by atoms with van der Waals surface area (Å²) in [6.45, 7) is 3.06. The summed E-state index contributed by atoms with van der Waals surface area (Å²) in [6.07, 6.45) is 0. The van der Waals surface area contributed by atoms with E-state index < -0.39 is 15.7 Å². The van der Waals surface area contributed by atoms with Crippen molar-refractivity contribution >= 4 is 15.5 Å². The third-order valence-corrected chi connectivity index (χ3v) is 4.83. The number of nitrogens with zero attached hydrogens (tertiary/aromatic N) is 1. The van der Waals surface area contributed by atoms with Crippen molar-refractivity contribution in [1.82, 2.24) is 4.90 Å². The van der Waals surface area contributed by atoms with Gasteiger partial charge >= 0.3 is 0 Å². The number of ether oxygens (including phenoxy) is 1. The van der Waals surface area contributed by atoms with Crippen LogP contribution in [0.4, 0.5) is 10.1 Å². The number of nitrogen functional groups attached to an aromatic ring is 1. The second kappa shape index (κ2) is 5.85. The normalized spacial score (nSPS) is 17.5. The van der Waals surface area contributed by atoms with E-state index in [1.807, 2.05) is 4.90 Å². The lowest BCUT2D eigenvalue weighted by molar-refractivity contribution is 0.0408. The molecule has 5 nitrogen and oxygen atoms in total. The van der Waals surface area contributed by atoms with Gasteiger partial charge in [0.15, 0.2) is 9.84 Å². The van der Waals surface area contributed by atoms with Crippen molar-refractivity contribution in [3.8, 4) is 0 Å². The summed E-state index contributed by atoms with van der Waals surface area (Å²) in [5.41, 5.74) is 5.69. The highest BCUT2D eigenvalue weighted by atomic mass is 32.2. The Kier molecular flexibility index (Phi) is 4.38. The van der Waals surface area contributed by atoms with Gasteiger partial charge in [-0.1, -0.05) is 0 Å². The predicted octanol–water partition coefficient (Wildman–Crippen LogP) is 0.514. The van der Waals surface area contributed by atoms with Crippen LogP contribution in [-0.2, 0) is 14.6 Å². The van der Waals surface area contributed by atoms with Gasteiger partial charge in [0.25, 0.3) is 0 Å². The molecule has 0 spiro atoms. The zero-order valence-corrected chi connectivity index (χ0v) is 11.3. The number of morpholine rings is 1. The third-order valence-electron chi connectivity index (χ3n) is 3.09. The molecule has 1 aromatic carbocycles. The highest BCUT2D eigenvalue weighted by molar-refractivity contribution is 7.91. The van der Waals surface area contributed by atoms with Gasteiger partial charge in [0, 0.05) is 19.6 Å². The van der Waals surface area contributed by atoms with Gasteiger partial charge in [-0.05, 0) is 18.2 Å². The van der Waals surface area contributed by atoms with Crippen LogP contribution in [0.3, 0.4) is 0 Å². The predicted molar refractivity (Wildman–Crippen MR) is 70.1 cm³/mol. The number of rotatable bonds is 4. The Morgan fingerprint density at radius 3 is 2.68 bits per heavy atom. The summed E-state index contributed by atoms with van der Waals surface area (Å²) in [4.78, 5) is 1.89. The van der Waals surface area contributed by atoms with Gasteiger partial charge in [-0.25, -0.2) is 12.8 Å². The number of hydrogen-bond donors (Lipinski definition) is 1. The fraction of sp³-hybridized carbons (Fsp3) is 0.500. The van der Waals surface area contributed by atoms with E-state index in [1.54, 1.807) is 0 Å². The van der Waals surface area contributed by atoms with Crippen molar-refractivity contribution in [2.75, 3.05) is 44.3 Å². The first-order valence-corrected chi connectivity index (χ1v) is 7.72. The van der Waals surface area contributed by atoms with E-state index in [4.69, 9.17) is 10.5 Å². The van der Waals surface area contributed by atoms with Crippen LogP contribution >= 0.6 is 0 Å². The molecule has 0 saturated carbocycles. The topological polar surface area (TPSA) is 72.6 Å². The van der Waals surface area contributed by atoms with E-state index in [9.17, 15) is 12.8 Å². The van der Waals surface area contributed by atoms with Gasteiger partial charge in [-0.2, -0.15) is 0 Å². The van der Waals surface area contributed by atoms with Gasteiger partial charge < -0.3 is 10.5 Å². The van der Waals surface area contributed by atoms with E-state index in [1.165, 1.54) is 6.07 Å². The molecule has 1 heterocycles. The van der Waals surface area contributed by atoms with Gasteiger partial charge in [-0.3, -0.25) is 4.90 Å². The van der Waals surface area contributed by atoms with E-state index in [0.717, 1.165) is 12.1 Å². The molecule has 0 aromatic heterocycles. The molecule has 1 aromatic rings. The molecule has 2 N–H and O–H groups in total. The number of nitrogens with two attached hydrogens (primary N) is 1. The lowest BCUT2D eigenvalue weighted by atomic mass is 10.3. The van der Waals surface area contributed by atoms with Gasteiger partial charge in [0.1, 0.15) is 5.82 Å². The summed E-state index contributed by atoms with van der Waals surface area (Å²) in [7, 11) is -3.56. The Morgan fingerprint density at radius 1 is 1.32 bits per heavy atom. The van der Waals surface area contributed by atoms with Gasteiger partial charge in [-0.15, -0.1) is 0 Å². The standard InChI is InChI=1S/C12H17FN2O3S/c13-10-1-2-11(14)12(9-10)19(16,17)8-5-15-3-6-18-7-4-15/h1-2,9H,3-8,14H2. The van der Waals surface area contributed by atoms with E-state index in [-0.39, 0.29) is 16.3 Å². The highest BCUT2D eigenvalue weighted by Crippen LogP contribution is 2.20. The van der Waals surface area contributed by atoms with Gasteiger partial charge in [0.2, 0.25) is 0 Å². The molecule has 106 valence electrons. The fourth-order valence-corrected chi connectivity index (χ4v) is 3.40. The average Bonchev–Trinajstić information content (AvgIpc) is 2.40. The van der Waals surface area contributed by atoms with Crippen LogP contribution in [0.15, 0.2) is 23.1 Å². The molecule has 1 fully saturated rings. The van der Waals surface area contributed by atoms with Crippen LogP contribution in [0.25, 0.3) is 0 Å². The Balaban J connectivity index is 2.07. The maximum atomic E-state index is 13.1. The van der Waals surface area contributed by atoms with Crippen LogP contribution < -0.4 is 5.73 Å². The second-order valence-electron chi connectivity index (χ2n) is 4.46. The van der Waals surface area contributed by atoms with Crippen molar-refractivity contribution in [2.45, 2.75) is 4.90 Å². The van der Waals surface area contributed by atoms with E-state index >= 15 is 0 Å². The fourth-order valence-electron chi connectivity index (χ4n) is 1.96. The van der Waals surface area contributed by atoms with Crippen LogP contribution in [-0.4, -0.2) is 51.9 Å². The van der Waals surface area contributed by atoms with Crippen molar-refractivity contribution in [3.05, 3.63) is 24.0 Å². The molecule has 7 heteroatoms.